The van der Waals surface area contributed by atoms with Crippen LogP contribution in [0.1, 0.15) is 48.4 Å². The van der Waals surface area contributed by atoms with Gasteiger partial charge in [0.25, 0.3) is 5.91 Å². The molecule has 3 N–H and O–H groups in total. The summed E-state index contributed by atoms with van der Waals surface area (Å²) in [7, 11) is 1.31. The third-order valence-corrected chi connectivity index (χ3v) is 4.07. The number of nitrogens with one attached hydrogen (secondary N) is 1. The van der Waals surface area contributed by atoms with Gasteiger partial charge in [-0.25, -0.2) is 4.79 Å². The number of anilines is 2. The van der Waals surface area contributed by atoms with Crippen LogP contribution in [0.25, 0.3) is 0 Å². The van der Waals surface area contributed by atoms with Crippen LogP contribution in [0.3, 0.4) is 0 Å². The molecule has 0 fully saturated rings. The summed E-state index contributed by atoms with van der Waals surface area (Å²) in [5.41, 5.74) is 7.62. The molecular weight excluding hydrogens is 384 g/mol. The molecule has 30 heavy (non-hydrogen) atoms. The Morgan fingerprint density at radius 1 is 0.900 bits per heavy atom. The highest BCUT2D eigenvalue weighted by Gasteiger charge is 2.16. The van der Waals surface area contributed by atoms with Gasteiger partial charge in [0.05, 0.1) is 37.3 Å². The van der Waals surface area contributed by atoms with Crippen LogP contribution < -0.4 is 20.5 Å². The van der Waals surface area contributed by atoms with E-state index >= 15 is 0 Å². The van der Waals surface area contributed by atoms with Crippen LogP contribution in [-0.4, -0.2) is 32.2 Å². The molecule has 0 heterocycles. The minimum absolute atomic E-state index is 0.271. The number of nitrogen functional groups attached to an aromatic ring is 1. The first kappa shape index (κ1) is 23.1. The second kappa shape index (κ2) is 10.5. The molecule has 0 aliphatic rings. The lowest BCUT2D eigenvalue weighted by Gasteiger charge is -2.16. The molecule has 0 spiro atoms. The zero-order valence-corrected chi connectivity index (χ0v) is 18.2. The van der Waals surface area contributed by atoms with Gasteiger partial charge < -0.3 is 25.3 Å². The zero-order chi connectivity index (χ0) is 22.3. The Labute approximate surface area is 177 Å². The fourth-order valence-corrected chi connectivity index (χ4v) is 2.50. The molecule has 0 aromatic heterocycles. The molecule has 7 heteroatoms. The summed E-state index contributed by atoms with van der Waals surface area (Å²) in [6, 6.07) is 9.64. The van der Waals surface area contributed by atoms with Gasteiger partial charge in [-0.05, 0) is 48.2 Å². The lowest BCUT2D eigenvalue weighted by Crippen LogP contribution is -2.15. The number of benzene rings is 2. The van der Waals surface area contributed by atoms with Crippen molar-refractivity contribution >= 4 is 23.3 Å². The first-order valence-electron chi connectivity index (χ1n) is 9.90. The molecule has 0 bridgehead atoms. The van der Waals surface area contributed by atoms with Crippen LogP contribution in [0, 0.1) is 11.8 Å². The lowest BCUT2D eigenvalue weighted by molar-refractivity contribution is 0.0600. The fraction of sp³-hybridized carbons (Fsp3) is 0.391. The number of hydrogen-bond acceptors (Lipinski definition) is 6. The minimum atomic E-state index is -0.479. The second-order valence-corrected chi connectivity index (χ2v) is 7.82. The van der Waals surface area contributed by atoms with Crippen LogP contribution >= 0.6 is 0 Å². The van der Waals surface area contributed by atoms with Crippen molar-refractivity contribution in [3.05, 3.63) is 47.5 Å². The maximum atomic E-state index is 12.8. The van der Waals surface area contributed by atoms with E-state index in [1.165, 1.54) is 7.11 Å². The van der Waals surface area contributed by atoms with Crippen molar-refractivity contribution in [3.8, 4) is 11.5 Å². The summed E-state index contributed by atoms with van der Waals surface area (Å²) in [4.78, 5) is 24.7. The van der Waals surface area contributed by atoms with Crippen molar-refractivity contribution in [2.75, 3.05) is 31.4 Å². The summed E-state index contributed by atoms with van der Waals surface area (Å²) >= 11 is 0. The Morgan fingerprint density at radius 3 is 2.07 bits per heavy atom. The predicted octanol–water partition coefficient (Wildman–Crippen LogP) is 4.38. The third-order valence-electron chi connectivity index (χ3n) is 4.07. The number of carbonyl (C=O) groups excluding carboxylic acids is 2. The van der Waals surface area contributed by atoms with Crippen molar-refractivity contribution in [3.63, 3.8) is 0 Å². The van der Waals surface area contributed by atoms with Crippen molar-refractivity contribution in [2.45, 2.75) is 27.7 Å². The topological polar surface area (TPSA) is 99.9 Å². The van der Waals surface area contributed by atoms with E-state index in [4.69, 9.17) is 19.9 Å². The number of nitrogens with two attached hydrogens (primary N) is 1. The molecule has 0 saturated carbocycles. The molecule has 2 aromatic carbocycles. The van der Waals surface area contributed by atoms with E-state index in [1.54, 1.807) is 36.4 Å². The first-order chi connectivity index (χ1) is 14.2. The monoisotopic (exact) mass is 414 g/mol. The SMILES string of the molecule is COC(=O)c1ccc(NC(=O)c2ccc(N)c(OCC(C)C)c2)c(OCC(C)C)c1. The third kappa shape index (κ3) is 6.40. The molecule has 0 saturated heterocycles. The normalized spacial score (nSPS) is 10.8. The maximum Gasteiger partial charge on any atom is 0.337 e. The standard InChI is InChI=1S/C23H30N2O5/c1-14(2)12-29-20-10-16(6-8-18(20)24)22(26)25-19-9-7-17(23(27)28-5)11-21(19)30-13-15(3)4/h6-11,14-15H,12-13,24H2,1-5H3,(H,25,26). The number of carbonyl (C=O) groups is 2. The van der Waals surface area contributed by atoms with Gasteiger partial charge in [0.2, 0.25) is 0 Å². The minimum Gasteiger partial charge on any atom is -0.491 e. The molecule has 0 aliphatic heterocycles. The number of hydrogen-bond donors (Lipinski definition) is 2. The van der Waals surface area contributed by atoms with E-state index in [-0.39, 0.29) is 11.8 Å². The van der Waals surface area contributed by atoms with Gasteiger partial charge in [0.1, 0.15) is 11.5 Å². The smallest absolute Gasteiger partial charge is 0.337 e. The Morgan fingerprint density at radius 2 is 1.47 bits per heavy atom. The molecule has 7 nitrogen and oxygen atoms in total. The largest absolute Gasteiger partial charge is 0.491 e. The zero-order valence-electron chi connectivity index (χ0n) is 18.2. The highest BCUT2D eigenvalue weighted by molar-refractivity contribution is 6.06. The van der Waals surface area contributed by atoms with Crippen molar-refractivity contribution in [1.29, 1.82) is 0 Å². The van der Waals surface area contributed by atoms with E-state index < -0.39 is 5.97 Å². The first-order valence-corrected chi connectivity index (χ1v) is 9.90. The van der Waals surface area contributed by atoms with Crippen LogP contribution in [0.2, 0.25) is 0 Å². The van der Waals surface area contributed by atoms with Gasteiger partial charge in [-0.3, -0.25) is 4.79 Å². The van der Waals surface area contributed by atoms with Crippen molar-refractivity contribution in [1.82, 2.24) is 0 Å². The number of rotatable bonds is 9. The second-order valence-electron chi connectivity index (χ2n) is 7.82. The molecular formula is C23H30N2O5. The quantitative estimate of drug-likeness (QED) is 0.467. The summed E-state index contributed by atoms with van der Waals surface area (Å²) < 4.78 is 16.3. The van der Waals surface area contributed by atoms with Gasteiger partial charge in [-0.2, -0.15) is 0 Å². The highest BCUT2D eigenvalue weighted by atomic mass is 16.5. The number of ether oxygens (including phenoxy) is 3. The molecule has 0 unspecified atom stereocenters. The predicted molar refractivity (Wildman–Crippen MR) is 117 cm³/mol. The van der Waals surface area contributed by atoms with Crippen molar-refractivity contribution in [2.24, 2.45) is 11.8 Å². The number of amides is 1. The average molecular weight is 415 g/mol. The molecule has 1 amide bonds. The highest BCUT2D eigenvalue weighted by Crippen LogP contribution is 2.29. The Balaban J connectivity index is 2.26. The van der Waals surface area contributed by atoms with E-state index in [2.05, 4.69) is 5.32 Å². The van der Waals surface area contributed by atoms with Crippen LogP contribution in [-0.2, 0) is 4.74 Å². The van der Waals surface area contributed by atoms with E-state index in [0.29, 0.717) is 53.1 Å². The van der Waals surface area contributed by atoms with Gasteiger partial charge in [0, 0.05) is 5.56 Å². The van der Waals surface area contributed by atoms with Gasteiger partial charge in [0.15, 0.2) is 0 Å². The molecule has 2 aromatic rings. The molecule has 162 valence electrons. The molecule has 0 aliphatic carbocycles. The fourth-order valence-electron chi connectivity index (χ4n) is 2.50. The molecule has 0 atom stereocenters. The molecule has 2 rings (SSSR count). The number of methoxy groups -OCH3 is 1. The van der Waals surface area contributed by atoms with E-state index in [9.17, 15) is 9.59 Å². The summed E-state index contributed by atoms with van der Waals surface area (Å²) in [5.74, 6) is 0.640. The average Bonchev–Trinajstić information content (AvgIpc) is 2.71. The van der Waals surface area contributed by atoms with Crippen LogP contribution in [0.5, 0.6) is 11.5 Å². The van der Waals surface area contributed by atoms with Gasteiger partial charge >= 0.3 is 5.97 Å². The lowest BCUT2D eigenvalue weighted by atomic mass is 10.1. The maximum absolute atomic E-state index is 12.8. The summed E-state index contributed by atoms with van der Waals surface area (Å²) in [6.07, 6.45) is 0. The Bertz CT molecular complexity index is 893. The Hall–Kier alpha value is -3.22. The van der Waals surface area contributed by atoms with Gasteiger partial charge in [-0.15, -0.1) is 0 Å². The summed E-state index contributed by atoms with van der Waals surface area (Å²) in [6.45, 7) is 9.01. The Kier molecular flexibility index (Phi) is 8.09. The molecule has 0 radical (unpaired) electrons. The van der Waals surface area contributed by atoms with Crippen molar-refractivity contribution < 1.29 is 23.8 Å². The van der Waals surface area contributed by atoms with E-state index in [0.717, 1.165) is 0 Å². The summed E-state index contributed by atoms with van der Waals surface area (Å²) in [5, 5.41) is 2.83. The van der Waals surface area contributed by atoms with Crippen LogP contribution in [0.15, 0.2) is 36.4 Å². The van der Waals surface area contributed by atoms with Gasteiger partial charge in [-0.1, -0.05) is 27.7 Å². The van der Waals surface area contributed by atoms with Crippen LogP contribution in [0.4, 0.5) is 11.4 Å². The number of esters is 1. The van der Waals surface area contributed by atoms with E-state index in [1.807, 2.05) is 27.7 Å².